The molecule has 0 radical (unpaired) electrons. The number of carbonyl (C=O) groups excluding carboxylic acids is 1. The molecular formula is C14H17F3O2. The zero-order valence-electron chi connectivity index (χ0n) is 11.0. The summed E-state index contributed by atoms with van der Waals surface area (Å²) in [5.41, 5.74) is 0.0276. The van der Waals surface area contributed by atoms with Crippen LogP contribution >= 0.6 is 0 Å². The molecule has 2 nitrogen and oxygen atoms in total. The van der Waals surface area contributed by atoms with E-state index in [-0.39, 0.29) is 12.0 Å². The summed E-state index contributed by atoms with van der Waals surface area (Å²) in [7, 11) is 1.16. The van der Waals surface area contributed by atoms with E-state index in [1.807, 2.05) is 6.92 Å². The molecule has 0 aliphatic heterocycles. The first kappa shape index (κ1) is 15.5. The molecule has 1 aromatic rings. The monoisotopic (exact) mass is 274 g/mol. The number of hydrogen-bond donors (Lipinski definition) is 0. The van der Waals surface area contributed by atoms with Crippen molar-refractivity contribution >= 4 is 5.97 Å². The molecule has 0 bridgehead atoms. The molecule has 0 N–H and O–H groups in total. The van der Waals surface area contributed by atoms with Crippen LogP contribution in [-0.2, 0) is 28.5 Å². The highest BCUT2D eigenvalue weighted by molar-refractivity contribution is 5.73. The number of carbonyl (C=O) groups is 1. The molecule has 106 valence electrons. The van der Waals surface area contributed by atoms with Crippen LogP contribution in [0.25, 0.3) is 0 Å². The largest absolute Gasteiger partial charge is 0.469 e. The maximum Gasteiger partial charge on any atom is 0.416 e. The van der Waals surface area contributed by atoms with Crippen LogP contribution in [0.4, 0.5) is 13.2 Å². The number of rotatable bonds is 5. The Morgan fingerprint density at radius 1 is 1.32 bits per heavy atom. The van der Waals surface area contributed by atoms with Gasteiger partial charge in [-0.15, -0.1) is 0 Å². The Bertz CT molecular complexity index is 439. The third kappa shape index (κ3) is 4.58. The number of methoxy groups -OCH3 is 1. The Kier molecular flexibility index (Phi) is 5.39. The summed E-state index contributed by atoms with van der Waals surface area (Å²) in [6, 6.07) is 3.97. The smallest absolute Gasteiger partial charge is 0.416 e. The van der Waals surface area contributed by atoms with Gasteiger partial charge < -0.3 is 4.74 Å². The van der Waals surface area contributed by atoms with Crippen molar-refractivity contribution in [3.63, 3.8) is 0 Å². The molecule has 0 aliphatic rings. The second-order valence-corrected chi connectivity index (χ2v) is 4.35. The molecule has 0 spiro atoms. The van der Waals surface area contributed by atoms with Crippen molar-refractivity contribution in [3.05, 3.63) is 34.9 Å². The van der Waals surface area contributed by atoms with Gasteiger partial charge in [-0.2, -0.15) is 13.2 Å². The van der Waals surface area contributed by atoms with E-state index in [0.717, 1.165) is 31.6 Å². The maximum atomic E-state index is 12.8. The van der Waals surface area contributed by atoms with Gasteiger partial charge in [-0.25, -0.2) is 0 Å². The third-order valence-corrected chi connectivity index (χ3v) is 2.86. The minimum atomic E-state index is -4.45. The third-order valence-electron chi connectivity index (χ3n) is 2.86. The topological polar surface area (TPSA) is 26.3 Å². The fourth-order valence-electron chi connectivity index (χ4n) is 1.83. The molecule has 0 amide bonds. The Hall–Kier alpha value is -1.52. The SMILES string of the molecule is CCCCc1ccc(C(F)(F)F)c(CC(=O)OC)c1. The zero-order valence-corrected chi connectivity index (χ0v) is 11.0. The van der Waals surface area contributed by atoms with Gasteiger partial charge in [0.2, 0.25) is 0 Å². The lowest BCUT2D eigenvalue weighted by atomic mass is 9.98. The second kappa shape index (κ2) is 6.59. The van der Waals surface area contributed by atoms with Crippen molar-refractivity contribution in [1.82, 2.24) is 0 Å². The lowest BCUT2D eigenvalue weighted by Crippen LogP contribution is -2.14. The number of hydrogen-bond acceptors (Lipinski definition) is 2. The Labute approximate surface area is 110 Å². The first-order valence-electron chi connectivity index (χ1n) is 6.14. The maximum absolute atomic E-state index is 12.8. The van der Waals surface area contributed by atoms with Gasteiger partial charge in [-0.1, -0.05) is 25.5 Å². The lowest BCUT2D eigenvalue weighted by Gasteiger charge is -2.13. The van der Waals surface area contributed by atoms with Crippen molar-refractivity contribution in [1.29, 1.82) is 0 Å². The van der Waals surface area contributed by atoms with Gasteiger partial charge in [0.15, 0.2) is 0 Å². The molecule has 5 heteroatoms. The summed E-state index contributed by atoms with van der Waals surface area (Å²) in [6.45, 7) is 2.01. The van der Waals surface area contributed by atoms with Gasteiger partial charge in [0.1, 0.15) is 0 Å². The standard InChI is InChI=1S/C14H17F3O2/c1-3-4-5-10-6-7-12(14(15,16)17)11(8-10)9-13(18)19-2/h6-8H,3-5,9H2,1-2H3. The highest BCUT2D eigenvalue weighted by atomic mass is 19.4. The normalized spacial score (nSPS) is 11.4. The fourth-order valence-corrected chi connectivity index (χ4v) is 1.83. The summed E-state index contributed by atoms with van der Waals surface area (Å²) < 4.78 is 42.9. The van der Waals surface area contributed by atoms with Crippen molar-refractivity contribution in [2.75, 3.05) is 7.11 Å². The predicted octanol–water partition coefficient (Wildman–Crippen LogP) is 3.76. The van der Waals surface area contributed by atoms with Crippen LogP contribution in [0.1, 0.15) is 36.5 Å². The number of alkyl halides is 3. The van der Waals surface area contributed by atoms with Gasteiger partial charge in [0.05, 0.1) is 19.1 Å². The minimum Gasteiger partial charge on any atom is -0.469 e. The van der Waals surface area contributed by atoms with Crippen molar-refractivity contribution < 1.29 is 22.7 Å². The highest BCUT2D eigenvalue weighted by Crippen LogP contribution is 2.33. The molecule has 0 unspecified atom stereocenters. The summed E-state index contributed by atoms with van der Waals surface area (Å²) in [5.74, 6) is -0.668. The minimum absolute atomic E-state index is 0.0204. The van der Waals surface area contributed by atoms with Crippen LogP contribution in [0.2, 0.25) is 0 Å². The molecule has 0 saturated heterocycles. The number of aryl methyl sites for hydroxylation is 1. The molecule has 0 aromatic heterocycles. The van der Waals surface area contributed by atoms with Crippen molar-refractivity contribution in [3.8, 4) is 0 Å². The van der Waals surface area contributed by atoms with E-state index >= 15 is 0 Å². The Morgan fingerprint density at radius 3 is 2.53 bits per heavy atom. The summed E-state index contributed by atoms with van der Waals surface area (Å²) in [4.78, 5) is 11.2. The fraction of sp³-hybridized carbons (Fsp3) is 0.500. The first-order valence-corrected chi connectivity index (χ1v) is 6.14. The summed E-state index contributed by atoms with van der Waals surface area (Å²) >= 11 is 0. The average Bonchev–Trinajstić information content (AvgIpc) is 2.35. The molecule has 0 aliphatic carbocycles. The van der Waals surface area contributed by atoms with Crippen LogP contribution in [0.15, 0.2) is 18.2 Å². The Balaban J connectivity index is 3.07. The molecule has 19 heavy (non-hydrogen) atoms. The number of ether oxygens (including phenoxy) is 1. The highest BCUT2D eigenvalue weighted by Gasteiger charge is 2.33. The molecule has 0 fully saturated rings. The van der Waals surface area contributed by atoms with E-state index in [1.165, 1.54) is 12.1 Å². The van der Waals surface area contributed by atoms with Crippen LogP contribution in [0.3, 0.4) is 0 Å². The van der Waals surface area contributed by atoms with Gasteiger partial charge in [-0.3, -0.25) is 4.79 Å². The van der Waals surface area contributed by atoms with Crippen molar-refractivity contribution in [2.45, 2.75) is 38.8 Å². The predicted molar refractivity (Wildman–Crippen MR) is 65.8 cm³/mol. The molecule has 0 heterocycles. The lowest BCUT2D eigenvalue weighted by molar-refractivity contribution is -0.141. The summed E-state index contributed by atoms with van der Waals surface area (Å²) in [5, 5.41) is 0. The van der Waals surface area contributed by atoms with Crippen LogP contribution in [-0.4, -0.2) is 13.1 Å². The van der Waals surface area contributed by atoms with E-state index in [1.54, 1.807) is 0 Å². The Morgan fingerprint density at radius 2 is 2.00 bits per heavy atom. The van der Waals surface area contributed by atoms with Gasteiger partial charge in [-0.05, 0) is 30.0 Å². The van der Waals surface area contributed by atoms with Crippen LogP contribution in [0.5, 0.6) is 0 Å². The quantitative estimate of drug-likeness (QED) is 0.764. The molecule has 0 saturated carbocycles. The van der Waals surface area contributed by atoms with Crippen molar-refractivity contribution in [2.24, 2.45) is 0 Å². The van der Waals surface area contributed by atoms with Gasteiger partial charge >= 0.3 is 12.1 Å². The summed E-state index contributed by atoms with van der Waals surface area (Å²) in [6.07, 6.45) is -2.23. The number of esters is 1. The van der Waals surface area contributed by atoms with E-state index in [4.69, 9.17) is 0 Å². The molecule has 1 aromatic carbocycles. The molecule has 0 atom stereocenters. The van der Waals surface area contributed by atoms with E-state index in [9.17, 15) is 18.0 Å². The van der Waals surface area contributed by atoms with Crippen LogP contribution < -0.4 is 0 Å². The van der Waals surface area contributed by atoms with E-state index in [0.29, 0.717) is 6.42 Å². The zero-order chi connectivity index (χ0) is 14.5. The second-order valence-electron chi connectivity index (χ2n) is 4.35. The van der Waals surface area contributed by atoms with E-state index < -0.39 is 17.7 Å². The number of halogens is 3. The number of unbranched alkanes of at least 4 members (excludes halogenated alkanes) is 1. The van der Waals surface area contributed by atoms with Gasteiger partial charge in [0.25, 0.3) is 0 Å². The van der Waals surface area contributed by atoms with Gasteiger partial charge in [0, 0.05) is 0 Å². The average molecular weight is 274 g/mol. The molecule has 1 rings (SSSR count). The van der Waals surface area contributed by atoms with E-state index in [2.05, 4.69) is 4.74 Å². The first-order chi connectivity index (χ1) is 8.88. The molecular weight excluding hydrogens is 257 g/mol. The number of benzene rings is 1. The van der Waals surface area contributed by atoms with Crippen LogP contribution in [0, 0.1) is 0 Å².